The van der Waals surface area contributed by atoms with Gasteiger partial charge in [-0.2, -0.15) is 28.7 Å². The van der Waals surface area contributed by atoms with Crippen LogP contribution in [0.25, 0.3) is 22.1 Å². The predicted molar refractivity (Wildman–Crippen MR) is 75.2 cm³/mol. The van der Waals surface area contributed by atoms with E-state index >= 15 is 0 Å². The van der Waals surface area contributed by atoms with Crippen LogP contribution in [-0.4, -0.2) is 25.4 Å². The minimum absolute atomic E-state index is 0.102. The number of alkyl halides is 3. The molecule has 3 rings (SSSR count). The lowest BCUT2D eigenvalue weighted by molar-refractivity contribution is -0.137. The highest BCUT2D eigenvalue weighted by Gasteiger charge is 2.30. The van der Waals surface area contributed by atoms with Crippen molar-refractivity contribution in [3.8, 4) is 28.2 Å². The number of nitrogens with one attached hydrogen (secondary N) is 1. The lowest BCUT2D eigenvalue weighted by Crippen LogP contribution is -2.05. The molecule has 0 radical (unpaired) electrons. The van der Waals surface area contributed by atoms with Crippen molar-refractivity contribution >= 4 is 11.3 Å². The Morgan fingerprint density at radius 1 is 1.22 bits per heavy atom. The van der Waals surface area contributed by atoms with E-state index in [1.54, 1.807) is 6.92 Å². The average molecular weight is 336 g/mol. The third-order valence-corrected chi connectivity index (χ3v) is 3.98. The van der Waals surface area contributed by atoms with Gasteiger partial charge in [0.1, 0.15) is 16.8 Å². The maximum atomic E-state index is 12.6. The molecule has 1 N–H and O–H groups in total. The van der Waals surface area contributed by atoms with Crippen LogP contribution in [-0.2, 0) is 6.18 Å². The SMILES string of the molecule is Cc1sc(-c2ccc(C(F)(F)F)cn2)nc1-c1n[nH]nc1C#N. The molecular formula is C13H7F3N6S. The molecule has 3 aromatic heterocycles. The monoisotopic (exact) mass is 336 g/mol. The number of halogens is 3. The van der Waals surface area contributed by atoms with Crippen LogP contribution in [0.2, 0.25) is 0 Å². The van der Waals surface area contributed by atoms with Gasteiger partial charge in [0.25, 0.3) is 0 Å². The number of nitriles is 1. The first-order valence-electron chi connectivity index (χ1n) is 6.22. The van der Waals surface area contributed by atoms with Crippen LogP contribution in [0.3, 0.4) is 0 Å². The third-order valence-electron chi connectivity index (χ3n) is 2.98. The molecule has 0 amide bonds. The molecule has 0 aromatic carbocycles. The zero-order valence-electron chi connectivity index (χ0n) is 11.5. The molecule has 0 aliphatic rings. The molecule has 0 atom stereocenters. The van der Waals surface area contributed by atoms with Gasteiger partial charge in [-0.15, -0.1) is 16.4 Å². The van der Waals surface area contributed by atoms with Crippen molar-refractivity contribution in [2.45, 2.75) is 13.1 Å². The van der Waals surface area contributed by atoms with Crippen LogP contribution in [0.15, 0.2) is 18.3 Å². The Labute approximate surface area is 131 Å². The van der Waals surface area contributed by atoms with Crippen molar-refractivity contribution < 1.29 is 13.2 Å². The van der Waals surface area contributed by atoms with E-state index in [1.165, 1.54) is 17.4 Å². The molecule has 116 valence electrons. The summed E-state index contributed by atoms with van der Waals surface area (Å²) < 4.78 is 37.7. The number of aryl methyl sites for hydroxylation is 1. The number of hydrogen-bond acceptors (Lipinski definition) is 6. The molecule has 10 heteroatoms. The molecule has 0 saturated heterocycles. The van der Waals surface area contributed by atoms with Gasteiger partial charge < -0.3 is 0 Å². The Kier molecular flexibility index (Phi) is 3.57. The van der Waals surface area contributed by atoms with Crippen LogP contribution in [0.5, 0.6) is 0 Å². The van der Waals surface area contributed by atoms with E-state index in [2.05, 4.69) is 25.4 Å². The number of nitrogens with zero attached hydrogens (tertiary/aromatic N) is 5. The van der Waals surface area contributed by atoms with Crippen molar-refractivity contribution in [2.75, 3.05) is 0 Å². The van der Waals surface area contributed by atoms with Gasteiger partial charge in [-0.05, 0) is 19.1 Å². The van der Waals surface area contributed by atoms with Crippen molar-refractivity contribution in [3.63, 3.8) is 0 Å². The number of aromatic nitrogens is 5. The maximum absolute atomic E-state index is 12.6. The van der Waals surface area contributed by atoms with Gasteiger partial charge in [0.15, 0.2) is 11.4 Å². The lowest BCUT2D eigenvalue weighted by Gasteiger charge is -2.05. The van der Waals surface area contributed by atoms with Crippen molar-refractivity contribution in [1.29, 1.82) is 5.26 Å². The second kappa shape index (κ2) is 5.44. The molecule has 0 aliphatic heterocycles. The van der Waals surface area contributed by atoms with E-state index in [0.29, 0.717) is 22.1 Å². The van der Waals surface area contributed by atoms with Gasteiger partial charge in [0.2, 0.25) is 0 Å². The quantitative estimate of drug-likeness (QED) is 0.776. The van der Waals surface area contributed by atoms with Crippen molar-refractivity contribution in [2.24, 2.45) is 0 Å². The van der Waals surface area contributed by atoms with E-state index in [4.69, 9.17) is 5.26 Å². The van der Waals surface area contributed by atoms with E-state index in [-0.39, 0.29) is 5.69 Å². The predicted octanol–water partition coefficient (Wildman–Crippen LogP) is 3.19. The number of H-pyrrole nitrogens is 1. The lowest BCUT2D eigenvalue weighted by atomic mass is 10.2. The minimum Gasteiger partial charge on any atom is -0.253 e. The van der Waals surface area contributed by atoms with Crippen LogP contribution in [0.4, 0.5) is 13.2 Å². The Bertz CT molecular complexity index is 888. The van der Waals surface area contributed by atoms with Crippen LogP contribution in [0, 0.1) is 18.3 Å². The zero-order chi connectivity index (χ0) is 16.6. The maximum Gasteiger partial charge on any atom is 0.417 e. The topological polar surface area (TPSA) is 91.1 Å². The zero-order valence-corrected chi connectivity index (χ0v) is 12.3. The van der Waals surface area contributed by atoms with E-state index in [1.807, 2.05) is 6.07 Å². The molecule has 0 aliphatic carbocycles. The molecule has 0 fully saturated rings. The first-order valence-corrected chi connectivity index (χ1v) is 7.04. The number of hydrogen-bond donors (Lipinski definition) is 1. The Balaban J connectivity index is 2.00. The first-order chi connectivity index (χ1) is 10.9. The van der Waals surface area contributed by atoms with Gasteiger partial charge in [-0.25, -0.2) is 4.98 Å². The molecule has 3 aromatic rings. The third kappa shape index (κ3) is 2.78. The summed E-state index contributed by atoms with van der Waals surface area (Å²) in [4.78, 5) is 8.89. The summed E-state index contributed by atoms with van der Waals surface area (Å²) in [5, 5.41) is 19.4. The van der Waals surface area contributed by atoms with Crippen molar-refractivity contribution in [3.05, 3.63) is 34.5 Å². The molecule has 0 spiro atoms. The Morgan fingerprint density at radius 3 is 2.61 bits per heavy atom. The summed E-state index contributed by atoms with van der Waals surface area (Å²) in [7, 11) is 0. The van der Waals surface area contributed by atoms with E-state index in [0.717, 1.165) is 17.1 Å². The summed E-state index contributed by atoms with van der Waals surface area (Å²) >= 11 is 1.25. The highest BCUT2D eigenvalue weighted by atomic mass is 32.1. The molecule has 0 saturated carbocycles. The summed E-state index contributed by atoms with van der Waals surface area (Å²) in [5.74, 6) is 0. The number of thiazole rings is 1. The fourth-order valence-corrected chi connectivity index (χ4v) is 2.78. The van der Waals surface area contributed by atoms with E-state index < -0.39 is 11.7 Å². The van der Waals surface area contributed by atoms with Gasteiger partial charge in [-0.3, -0.25) is 4.98 Å². The Hall–Kier alpha value is -2.80. The second-order valence-electron chi connectivity index (χ2n) is 4.49. The highest BCUT2D eigenvalue weighted by Crippen LogP contribution is 2.34. The molecule has 0 bridgehead atoms. The highest BCUT2D eigenvalue weighted by molar-refractivity contribution is 7.15. The summed E-state index contributed by atoms with van der Waals surface area (Å²) in [6.45, 7) is 1.77. The van der Waals surface area contributed by atoms with Gasteiger partial charge >= 0.3 is 6.18 Å². The smallest absolute Gasteiger partial charge is 0.253 e. The molecular weight excluding hydrogens is 329 g/mol. The van der Waals surface area contributed by atoms with Crippen LogP contribution >= 0.6 is 11.3 Å². The van der Waals surface area contributed by atoms with E-state index in [9.17, 15) is 13.2 Å². The molecule has 0 unspecified atom stereocenters. The van der Waals surface area contributed by atoms with Gasteiger partial charge in [-0.1, -0.05) is 0 Å². The van der Waals surface area contributed by atoms with Gasteiger partial charge in [0, 0.05) is 11.1 Å². The number of aromatic amines is 1. The van der Waals surface area contributed by atoms with Gasteiger partial charge in [0.05, 0.1) is 11.3 Å². The fraction of sp³-hybridized carbons (Fsp3) is 0.154. The first kappa shape index (κ1) is 15.1. The molecule has 6 nitrogen and oxygen atoms in total. The number of pyridine rings is 1. The normalized spacial score (nSPS) is 11.4. The minimum atomic E-state index is -4.43. The molecule has 3 heterocycles. The largest absolute Gasteiger partial charge is 0.417 e. The van der Waals surface area contributed by atoms with Crippen LogP contribution < -0.4 is 0 Å². The van der Waals surface area contributed by atoms with Crippen molar-refractivity contribution in [1.82, 2.24) is 25.4 Å². The molecule has 23 heavy (non-hydrogen) atoms. The number of rotatable bonds is 2. The Morgan fingerprint density at radius 2 is 2.00 bits per heavy atom. The summed E-state index contributed by atoms with van der Waals surface area (Å²) in [5.41, 5.74) is 0.360. The fourth-order valence-electron chi connectivity index (χ4n) is 1.89. The average Bonchev–Trinajstić information content (AvgIpc) is 3.12. The summed E-state index contributed by atoms with van der Waals surface area (Å²) in [6, 6.07) is 4.11. The standard InChI is InChI=1S/C13H7F3N6S/c1-6-10(11-9(4-17)20-22-21-11)19-12(23-6)8-3-2-7(5-18-8)13(14,15)16/h2-3,5H,1H3,(H,20,21,22). The van der Waals surface area contributed by atoms with Crippen LogP contribution in [0.1, 0.15) is 16.1 Å². The summed E-state index contributed by atoms with van der Waals surface area (Å²) in [6.07, 6.45) is -3.67. The second-order valence-corrected chi connectivity index (χ2v) is 5.69.